The fourth-order valence-corrected chi connectivity index (χ4v) is 3.28. The lowest BCUT2D eigenvalue weighted by atomic mass is 10.1. The van der Waals surface area contributed by atoms with Crippen molar-refractivity contribution in [1.82, 2.24) is 9.80 Å². The zero-order chi connectivity index (χ0) is 17.8. The number of amides is 2. The van der Waals surface area contributed by atoms with Crippen LogP contribution >= 0.6 is 0 Å². The van der Waals surface area contributed by atoms with Crippen molar-refractivity contribution in [3.8, 4) is 0 Å². The molecule has 1 N–H and O–H groups in total. The van der Waals surface area contributed by atoms with Crippen LogP contribution in [0.25, 0.3) is 0 Å². The molecule has 0 bridgehead atoms. The summed E-state index contributed by atoms with van der Waals surface area (Å²) in [5.41, 5.74) is 0.448. The molecular formula is C18H24FN3O3. The zero-order valence-electron chi connectivity index (χ0n) is 14.4. The Morgan fingerprint density at radius 3 is 2.68 bits per heavy atom. The van der Waals surface area contributed by atoms with Crippen LogP contribution in [0.3, 0.4) is 0 Å². The van der Waals surface area contributed by atoms with Crippen LogP contribution in [-0.4, -0.2) is 66.5 Å². The third-order valence-corrected chi connectivity index (χ3v) is 4.85. The number of hydrogen-bond acceptors (Lipinski definition) is 4. The second-order valence-electron chi connectivity index (χ2n) is 6.54. The second kappa shape index (κ2) is 7.93. The van der Waals surface area contributed by atoms with E-state index in [0.29, 0.717) is 38.5 Å². The molecule has 2 aliphatic rings. The van der Waals surface area contributed by atoms with E-state index in [-0.39, 0.29) is 29.8 Å². The van der Waals surface area contributed by atoms with Crippen LogP contribution in [-0.2, 0) is 14.3 Å². The summed E-state index contributed by atoms with van der Waals surface area (Å²) in [6, 6.07) is 5.51. The number of carbonyl (C=O) groups excluding carboxylic acids is 2. The molecule has 2 aliphatic heterocycles. The Hall–Kier alpha value is -1.99. The standard InChI is InChI=1S/C18H24FN3O3/c1-13(17(23)20-15-5-2-4-14(19)12-15)21-7-9-22(10-8-21)18(24)16-6-3-11-25-16/h2,4-5,12-13,16H,3,6-11H2,1H3,(H,20,23)/t13-,16-/m0/s1. The molecule has 6 nitrogen and oxygen atoms in total. The number of rotatable bonds is 4. The highest BCUT2D eigenvalue weighted by molar-refractivity contribution is 5.94. The van der Waals surface area contributed by atoms with Crippen LogP contribution in [0, 0.1) is 5.82 Å². The number of hydrogen-bond donors (Lipinski definition) is 1. The number of anilines is 1. The Morgan fingerprint density at radius 1 is 1.28 bits per heavy atom. The first-order chi connectivity index (χ1) is 12.0. The average Bonchev–Trinajstić information content (AvgIpc) is 3.15. The monoisotopic (exact) mass is 349 g/mol. The quantitative estimate of drug-likeness (QED) is 0.894. The lowest BCUT2D eigenvalue weighted by molar-refractivity contribution is -0.143. The first-order valence-corrected chi connectivity index (χ1v) is 8.75. The highest BCUT2D eigenvalue weighted by Gasteiger charge is 2.32. The van der Waals surface area contributed by atoms with Crippen molar-refractivity contribution < 1.29 is 18.7 Å². The lowest BCUT2D eigenvalue weighted by Crippen LogP contribution is -2.55. The minimum absolute atomic E-state index is 0.0639. The van der Waals surface area contributed by atoms with Gasteiger partial charge in [-0.2, -0.15) is 0 Å². The predicted molar refractivity (Wildman–Crippen MR) is 91.6 cm³/mol. The molecule has 1 aromatic carbocycles. The van der Waals surface area contributed by atoms with Gasteiger partial charge in [0.15, 0.2) is 0 Å². The van der Waals surface area contributed by atoms with E-state index in [1.165, 1.54) is 12.1 Å². The predicted octanol–water partition coefficient (Wildman–Crippen LogP) is 1.48. The van der Waals surface area contributed by atoms with E-state index in [0.717, 1.165) is 12.8 Å². The Morgan fingerprint density at radius 2 is 2.04 bits per heavy atom. The topological polar surface area (TPSA) is 61.9 Å². The molecule has 1 aromatic rings. The van der Waals surface area contributed by atoms with E-state index in [2.05, 4.69) is 5.32 Å². The van der Waals surface area contributed by atoms with E-state index < -0.39 is 0 Å². The van der Waals surface area contributed by atoms with Gasteiger partial charge in [-0.3, -0.25) is 14.5 Å². The summed E-state index contributed by atoms with van der Waals surface area (Å²) >= 11 is 0. The Bertz CT molecular complexity index is 626. The molecule has 0 radical (unpaired) electrons. The highest BCUT2D eigenvalue weighted by atomic mass is 19.1. The van der Waals surface area contributed by atoms with Crippen molar-refractivity contribution in [2.75, 3.05) is 38.1 Å². The molecule has 25 heavy (non-hydrogen) atoms. The van der Waals surface area contributed by atoms with Gasteiger partial charge >= 0.3 is 0 Å². The molecule has 0 aromatic heterocycles. The molecule has 3 rings (SSSR count). The maximum Gasteiger partial charge on any atom is 0.251 e. The van der Waals surface area contributed by atoms with Crippen LogP contribution in [0.4, 0.5) is 10.1 Å². The van der Waals surface area contributed by atoms with Gasteiger partial charge in [0.05, 0.1) is 6.04 Å². The molecule has 0 spiro atoms. The Kier molecular flexibility index (Phi) is 5.65. The third-order valence-electron chi connectivity index (χ3n) is 4.85. The van der Waals surface area contributed by atoms with Crippen molar-refractivity contribution in [3.63, 3.8) is 0 Å². The van der Waals surface area contributed by atoms with E-state index in [1.807, 2.05) is 16.7 Å². The summed E-state index contributed by atoms with van der Waals surface area (Å²) in [6.07, 6.45) is 1.44. The van der Waals surface area contributed by atoms with Gasteiger partial charge in [-0.1, -0.05) is 6.07 Å². The molecule has 2 heterocycles. The number of piperazine rings is 1. The van der Waals surface area contributed by atoms with Gasteiger partial charge in [-0.15, -0.1) is 0 Å². The van der Waals surface area contributed by atoms with E-state index in [4.69, 9.17) is 4.74 Å². The van der Waals surface area contributed by atoms with Gasteiger partial charge < -0.3 is 15.0 Å². The lowest BCUT2D eigenvalue weighted by Gasteiger charge is -2.38. The number of carbonyl (C=O) groups is 2. The fraction of sp³-hybridized carbons (Fsp3) is 0.556. The van der Waals surface area contributed by atoms with Crippen molar-refractivity contribution in [2.45, 2.75) is 31.9 Å². The van der Waals surface area contributed by atoms with E-state index >= 15 is 0 Å². The first-order valence-electron chi connectivity index (χ1n) is 8.75. The smallest absolute Gasteiger partial charge is 0.251 e. The number of nitrogens with one attached hydrogen (secondary N) is 1. The molecule has 0 saturated carbocycles. The number of halogens is 1. The normalized spacial score (nSPS) is 22.6. The highest BCUT2D eigenvalue weighted by Crippen LogP contribution is 2.17. The van der Waals surface area contributed by atoms with Crippen molar-refractivity contribution in [1.29, 1.82) is 0 Å². The molecule has 2 fully saturated rings. The average molecular weight is 349 g/mol. The molecule has 2 saturated heterocycles. The van der Waals surface area contributed by atoms with Crippen LogP contribution in [0.2, 0.25) is 0 Å². The zero-order valence-corrected chi connectivity index (χ0v) is 14.4. The van der Waals surface area contributed by atoms with Gasteiger partial charge in [0.2, 0.25) is 5.91 Å². The maximum absolute atomic E-state index is 13.2. The van der Waals surface area contributed by atoms with Crippen molar-refractivity contribution in [3.05, 3.63) is 30.1 Å². The van der Waals surface area contributed by atoms with Gasteiger partial charge in [-0.25, -0.2) is 4.39 Å². The summed E-state index contributed by atoms with van der Waals surface area (Å²) in [4.78, 5) is 28.6. The van der Waals surface area contributed by atoms with Gasteiger partial charge in [0.25, 0.3) is 5.91 Å². The van der Waals surface area contributed by atoms with E-state index in [9.17, 15) is 14.0 Å². The molecular weight excluding hydrogens is 325 g/mol. The minimum atomic E-state index is -0.383. The first kappa shape index (κ1) is 17.8. The fourth-order valence-electron chi connectivity index (χ4n) is 3.28. The van der Waals surface area contributed by atoms with Crippen LogP contribution in [0.1, 0.15) is 19.8 Å². The summed E-state index contributed by atoms with van der Waals surface area (Å²) in [5.74, 6) is -0.495. The molecule has 2 amide bonds. The summed E-state index contributed by atoms with van der Waals surface area (Å²) in [5, 5.41) is 2.74. The maximum atomic E-state index is 13.2. The summed E-state index contributed by atoms with van der Waals surface area (Å²) in [6.45, 7) is 4.94. The molecule has 0 unspecified atom stereocenters. The number of nitrogens with zero attached hydrogens (tertiary/aromatic N) is 2. The molecule has 7 heteroatoms. The number of benzene rings is 1. The largest absolute Gasteiger partial charge is 0.368 e. The Labute approximate surface area is 146 Å². The molecule has 2 atom stereocenters. The molecule has 0 aliphatic carbocycles. The SMILES string of the molecule is C[C@@H](C(=O)Nc1cccc(F)c1)N1CCN(C(=O)[C@@H]2CCCO2)CC1. The van der Waals surface area contributed by atoms with Gasteiger partial charge in [0.1, 0.15) is 11.9 Å². The molecule has 136 valence electrons. The third kappa shape index (κ3) is 4.35. The number of ether oxygens (including phenoxy) is 1. The van der Waals surface area contributed by atoms with Crippen LogP contribution in [0.5, 0.6) is 0 Å². The summed E-state index contributed by atoms with van der Waals surface area (Å²) in [7, 11) is 0. The van der Waals surface area contributed by atoms with Crippen LogP contribution < -0.4 is 5.32 Å². The van der Waals surface area contributed by atoms with Crippen molar-refractivity contribution >= 4 is 17.5 Å². The second-order valence-corrected chi connectivity index (χ2v) is 6.54. The van der Waals surface area contributed by atoms with Crippen molar-refractivity contribution in [2.24, 2.45) is 0 Å². The summed E-state index contributed by atoms with van der Waals surface area (Å²) < 4.78 is 18.7. The minimum Gasteiger partial charge on any atom is -0.368 e. The van der Waals surface area contributed by atoms with E-state index in [1.54, 1.807) is 12.1 Å². The Balaban J connectivity index is 1.49. The van der Waals surface area contributed by atoms with Gasteiger partial charge in [0, 0.05) is 38.5 Å². The van der Waals surface area contributed by atoms with Gasteiger partial charge in [-0.05, 0) is 38.0 Å². The van der Waals surface area contributed by atoms with Crippen LogP contribution in [0.15, 0.2) is 24.3 Å².